The third-order valence-electron chi connectivity index (χ3n) is 4.02. The van der Waals surface area contributed by atoms with E-state index in [-0.39, 0.29) is 16.7 Å². The van der Waals surface area contributed by atoms with Gasteiger partial charge in [-0.3, -0.25) is 4.98 Å². The zero-order chi connectivity index (χ0) is 19.7. The van der Waals surface area contributed by atoms with E-state index in [4.69, 9.17) is 16.1 Å². The molecule has 0 spiro atoms. The van der Waals surface area contributed by atoms with Crippen LogP contribution in [0, 0.1) is 5.82 Å². The molecule has 1 unspecified atom stereocenters. The molecular formula is C18H14ClFN6OS. The molecule has 10 heteroatoms. The number of hydrogen-bond acceptors (Lipinski definition) is 7. The van der Waals surface area contributed by atoms with Gasteiger partial charge in [-0.2, -0.15) is 4.98 Å². The lowest BCUT2D eigenvalue weighted by molar-refractivity contribution is 0.420. The Kier molecular flexibility index (Phi) is 5.10. The molecule has 0 aliphatic carbocycles. The second-order valence-electron chi connectivity index (χ2n) is 5.94. The minimum absolute atomic E-state index is 0.0814. The lowest BCUT2D eigenvalue weighted by Crippen LogP contribution is -1.98. The first kappa shape index (κ1) is 18.6. The number of nitrogens with zero attached hydrogens (tertiary/aromatic N) is 6. The summed E-state index contributed by atoms with van der Waals surface area (Å²) in [6.07, 6.45) is 3.41. The molecule has 142 valence electrons. The van der Waals surface area contributed by atoms with E-state index in [9.17, 15) is 4.39 Å². The van der Waals surface area contributed by atoms with Crippen LogP contribution in [0.3, 0.4) is 0 Å². The molecule has 0 fully saturated rings. The van der Waals surface area contributed by atoms with Gasteiger partial charge < -0.3 is 9.09 Å². The molecule has 0 saturated heterocycles. The van der Waals surface area contributed by atoms with Crippen LogP contribution >= 0.6 is 23.4 Å². The Hall–Kier alpha value is -2.78. The van der Waals surface area contributed by atoms with E-state index in [1.165, 1.54) is 30.0 Å². The van der Waals surface area contributed by atoms with Crippen LogP contribution < -0.4 is 0 Å². The van der Waals surface area contributed by atoms with E-state index in [0.717, 1.165) is 11.4 Å². The Bertz CT molecular complexity index is 1120. The van der Waals surface area contributed by atoms with Crippen LogP contribution in [0.4, 0.5) is 4.39 Å². The molecule has 7 nitrogen and oxygen atoms in total. The predicted octanol–water partition coefficient (Wildman–Crippen LogP) is 4.57. The second kappa shape index (κ2) is 7.69. The van der Waals surface area contributed by atoms with E-state index in [1.807, 2.05) is 30.7 Å². The van der Waals surface area contributed by atoms with Crippen LogP contribution in [-0.4, -0.2) is 29.9 Å². The molecule has 1 aromatic carbocycles. The monoisotopic (exact) mass is 416 g/mol. The van der Waals surface area contributed by atoms with Crippen molar-refractivity contribution in [3.63, 3.8) is 0 Å². The molecule has 0 aliphatic heterocycles. The summed E-state index contributed by atoms with van der Waals surface area (Å²) in [4.78, 5) is 8.32. The van der Waals surface area contributed by atoms with E-state index in [1.54, 1.807) is 12.4 Å². The topological polar surface area (TPSA) is 82.5 Å². The Morgan fingerprint density at radius 2 is 1.96 bits per heavy atom. The fourth-order valence-electron chi connectivity index (χ4n) is 2.55. The van der Waals surface area contributed by atoms with Crippen molar-refractivity contribution < 1.29 is 8.91 Å². The van der Waals surface area contributed by atoms with Crippen LogP contribution in [0.15, 0.2) is 52.4 Å². The molecule has 0 radical (unpaired) electrons. The molecule has 28 heavy (non-hydrogen) atoms. The van der Waals surface area contributed by atoms with Gasteiger partial charge in [0.05, 0.1) is 10.8 Å². The minimum Gasteiger partial charge on any atom is -0.334 e. The van der Waals surface area contributed by atoms with E-state index in [2.05, 4.69) is 25.3 Å². The van der Waals surface area contributed by atoms with Crippen molar-refractivity contribution in [2.75, 3.05) is 0 Å². The highest BCUT2D eigenvalue weighted by molar-refractivity contribution is 7.99. The fourth-order valence-corrected chi connectivity index (χ4v) is 3.57. The molecule has 3 aromatic heterocycles. The van der Waals surface area contributed by atoms with E-state index < -0.39 is 5.82 Å². The summed E-state index contributed by atoms with van der Waals surface area (Å²) >= 11 is 7.35. The summed E-state index contributed by atoms with van der Waals surface area (Å²) in [7, 11) is 1.88. The number of aromatic nitrogens is 6. The molecule has 3 heterocycles. The molecule has 0 saturated carbocycles. The maximum atomic E-state index is 14.0. The van der Waals surface area contributed by atoms with Crippen molar-refractivity contribution in [1.29, 1.82) is 0 Å². The Balaban J connectivity index is 1.55. The van der Waals surface area contributed by atoms with Crippen molar-refractivity contribution >= 4 is 23.4 Å². The number of thioether (sulfide) groups is 1. The average Bonchev–Trinajstić information content (AvgIpc) is 3.32. The largest absolute Gasteiger partial charge is 0.334 e. The first-order valence-corrected chi connectivity index (χ1v) is 9.54. The maximum absolute atomic E-state index is 14.0. The normalized spacial score (nSPS) is 12.3. The third kappa shape index (κ3) is 3.63. The number of halogens is 2. The van der Waals surface area contributed by atoms with Crippen LogP contribution in [0.25, 0.3) is 22.8 Å². The predicted molar refractivity (Wildman–Crippen MR) is 103 cm³/mol. The quantitative estimate of drug-likeness (QED) is 0.440. The average molecular weight is 417 g/mol. The van der Waals surface area contributed by atoms with Crippen molar-refractivity contribution in [1.82, 2.24) is 29.9 Å². The molecule has 0 bridgehead atoms. The highest BCUT2D eigenvalue weighted by Crippen LogP contribution is 2.34. The van der Waals surface area contributed by atoms with Gasteiger partial charge in [0, 0.05) is 30.0 Å². The van der Waals surface area contributed by atoms with Gasteiger partial charge in [0.1, 0.15) is 5.82 Å². The van der Waals surface area contributed by atoms with Crippen molar-refractivity contribution in [2.24, 2.45) is 7.05 Å². The van der Waals surface area contributed by atoms with E-state index in [0.29, 0.717) is 16.0 Å². The van der Waals surface area contributed by atoms with Crippen molar-refractivity contribution in [3.05, 3.63) is 59.4 Å². The van der Waals surface area contributed by atoms with Gasteiger partial charge in [0.2, 0.25) is 0 Å². The first-order chi connectivity index (χ1) is 13.5. The summed E-state index contributed by atoms with van der Waals surface area (Å²) in [6.45, 7) is 1.91. The van der Waals surface area contributed by atoms with Crippen molar-refractivity contribution in [2.45, 2.75) is 17.3 Å². The van der Waals surface area contributed by atoms with Gasteiger partial charge in [-0.05, 0) is 37.3 Å². The lowest BCUT2D eigenvalue weighted by atomic mass is 10.2. The molecule has 0 amide bonds. The van der Waals surface area contributed by atoms with Crippen LogP contribution in [0.2, 0.25) is 5.02 Å². The maximum Gasteiger partial charge on any atom is 0.260 e. The first-order valence-electron chi connectivity index (χ1n) is 8.28. The van der Waals surface area contributed by atoms with Gasteiger partial charge >= 0.3 is 0 Å². The Labute approximate surface area is 169 Å². The van der Waals surface area contributed by atoms with Gasteiger partial charge in [-0.15, -0.1) is 10.2 Å². The highest BCUT2D eigenvalue weighted by Gasteiger charge is 2.21. The zero-order valence-corrected chi connectivity index (χ0v) is 16.4. The molecule has 0 N–H and O–H groups in total. The van der Waals surface area contributed by atoms with E-state index >= 15 is 0 Å². The van der Waals surface area contributed by atoms with Gasteiger partial charge in [-0.1, -0.05) is 28.5 Å². The summed E-state index contributed by atoms with van der Waals surface area (Å²) in [6, 6.07) is 7.92. The smallest absolute Gasteiger partial charge is 0.260 e. The third-order valence-corrected chi connectivity index (χ3v) is 5.39. The highest BCUT2D eigenvalue weighted by atomic mass is 35.5. The lowest BCUT2D eigenvalue weighted by Gasteiger charge is -2.06. The van der Waals surface area contributed by atoms with Gasteiger partial charge in [0.15, 0.2) is 16.8 Å². The number of hydrogen-bond donors (Lipinski definition) is 0. The van der Waals surface area contributed by atoms with Crippen molar-refractivity contribution in [3.8, 4) is 22.8 Å². The molecule has 1 atom stereocenters. The SMILES string of the molecule is CC(Sc1nnc(-c2ccncc2)n1C)c1noc(-c2cc(Cl)ccc2F)n1. The Morgan fingerprint density at radius 1 is 1.18 bits per heavy atom. The van der Waals surface area contributed by atoms with Crippen LogP contribution in [0.5, 0.6) is 0 Å². The molecular weight excluding hydrogens is 403 g/mol. The number of pyridine rings is 1. The molecule has 4 rings (SSSR count). The number of rotatable bonds is 5. The standard InChI is InChI=1S/C18H14ClFN6OS/c1-10(15-22-17(27-25-15)13-9-12(19)3-4-14(13)20)28-18-24-23-16(26(18)2)11-5-7-21-8-6-11/h3-10H,1-2H3. The fraction of sp³-hybridized carbons (Fsp3) is 0.167. The summed E-state index contributed by atoms with van der Waals surface area (Å²) < 4.78 is 21.1. The van der Waals surface area contributed by atoms with Crippen LogP contribution in [0.1, 0.15) is 18.0 Å². The number of benzene rings is 1. The van der Waals surface area contributed by atoms with Gasteiger partial charge in [-0.25, -0.2) is 4.39 Å². The zero-order valence-electron chi connectivity index (χ0n) is 14.9. The van der Waals surface area contributed by atoms with Crippen LogP contribution in [-0.2, 0) is 7.05 Å². The molecule has 0 aliphatic rings. The summed E-state index contributed by atoms with van der Waals surface area (Å²) in [5.74, 6) is 0.757. The Morgan fingerprint density at radius 3 is 2.75 bits per heavy atom. The minimum atomic E-state index is -0.477. The second-order valence-corrected chi connectivity index (χ2v) is 7.69. The summed E-state index contributed by atoms with van der Waals surface area (Å²) in [5, 5.41) is 13.4. The summed E-state index contributed by atoms with van der Waals surface area (Å²) in [5.41, 5.74) is 1.09. The molecule has 4 aromatic rings. The van der Waals surface area contributed by atoms with Gasteiger partial charge in [0.25, 0.3) is 5.89 Å².